The van der Waals surface area contributed by atoms with Gasteiger partial charge in [-0.15, -0.1) is 0 Å². The predicted octanol–water partition coefficient (Wildman–Crippen LogP) is 2.50. The molecule has 0 unspecified atom stereocenters. The van der Waals surface area contributed by atoms with E-state index in [1.54, 1.807) is 13.0 Å². The van der Waals surface area contributed by atoms with Gasteiger partial charge in [-0.3, -0.25) is 0 Å². The third-order valence-corrected chi connectivity index (χ3v) is 4.06. The van der Waals surface area contributed by atoms with E-state index < -0.39 is 40.7 Å². The van der Waals surface area contributed by atoms with Crippen LogP contribution in [0.2, 0.25) is 0 Å². The molecule has 0 fully saturated rings. The van der Waals surface area contributed by atoms with Crippen LogP contribution in [0.3, 0.4) is 0 Å². The van der Waals surface area contributed by atoms with Crippen molar-refractivity contribution in [2.75, 3.05) is 14.2 Å². The van der Waals surface area contributed by atoms with E-state index in [0.29, 0.717) is 0 Å². The Labute approximate surface area is 152 Å². The molecule has 27 heavy (non-hydrogen) atoms. The molecule has 9 nitrogen and oxygen atoms in total. The fraction of sp³-hybridized carbons (Fsp3) is 0.222. The first-order chi connectivity index (χ1) is 12.8. The van der Waals surface area contributed by atoms with Crippen molar-refractivity contribution in [3.05, 3.63) is 39.4 Å². The summed E-state index contributed by atoms with van der Waals surface area (Å²) in [5.41, 5.74) is -2.04. The highest BCUT2D eigenvalue weighted by Crippen LogP contribution is 2.54. The first-order valence-corrected chi connectivity index (χ1v) is 7.75. The second kappa shape index (κ2) is 6.69. The lowest BCUT2D eigenvalue weighted by Gasteiger charge is -2.29. The lowest BCUT2D eigenvalue weighted by molar-refractivity contribution is -0.0591. The van der Waals surface area contributed by atoms with Crippen LogP contribution < -0.4 is 15.1 Å². The Morgan fingerprint density at radius 2 is 1.93 bits per heavy atom. The Morgan fingerprint density at radius 3 is 2.48 bits per heavy atom. The second-order valence-electron chi connectivity index (χ2n) is 5.56. The van der Waals surface area contributed by atoms with Gasteiger partial charge in [0, 0.05) is 18.7 Å². The molecule has 0 aliphatic carbocycles. The Bertz CT molecular complexity index is 1020. The quantitative estimate of drug-likeness (QED) is 0.688. The van der Waals surface area contributed by atoms with Gasteiger partial charge >= 0.3 is 11.6 Å². The number of benzene rings is 1. The topological polar surface area (TPSA) is 136 Å². The molecular weight excluding hydrogens is 360 g/mol. The zero-order valence-electron chi connectivity index (χ0n) is 14.6. The molecule has 1 aromatic carbocycles. The van der Waals surface area contributed by atoms with E-state index in [9.17, 15) is 24.9 Å². The minimum absolute atomic E-state index is 0.00917. The van der Waals surface area contributed by atoms with Crippen molar-refractivity contribution in [3.8, 4) is 34.1 Å². The van der Waals surface area contributed by atoms with Gasteiger partial charge in [0.05, 0.1) is 12.7 Å². The fourth-order valence-corrected chi connectivity index (χ4v) is 3.01. The zero-order valence-corrected chi connectivity index (χ0v) is 14.6. The molecule has 0 bridgehead atoms. The Kier molecular flexibility index (Phi) is 4.54. The van der Waals surface area contributed by atoms with Crippen LogP contribution in [0.15, 0.2) is 21.4 Å². The molecule has 9 heteroatoms. The van der Waals surface area contributed by atoms with E-state index in [4.69, 9.17) is 18.6 Å². The summed E-state index contributed by atoms with van der Waals surface area (Å²) in [7, 11) is 2.39. The standard InChI is InChI=1S/C18H16O9/c1-4-5-7-6-8-9(17(23)26-7)10-11(18(25-3)27-8)12(16(21)22)15(24-2)14(20)13(10)19/h4-6,18-20H,1-3H3,(H,21,22)/t18-/m1/s1. The average molecular weight is 376 g/mol. The third-order valence-electron chi connectivity index (χ3n) is 4.06. The highest BCUT2D eigenvalue weighted by molar-refractivity contribution is 6.00. The van der Waals surface area contributed by atoms with E-state index in [2.05, 4.69) is 0 Å². The Balaban J connectivity index is 2.49. The van der Waals surface area contributed by atoms with Crippen LogP contribution in [0, 0.1) is 0 Å². The van der Waals surface area contributed by atoms with Crippen LogP contribution in [-0.2, 0) is 4.74 Å². The number of fused-ring (bicyclic) bond motifs is 3. The number of methoxy groups -OCH3 is 2. The number of rotatable bonds is 4. The molecule has 1 aliphatic rings. The minimum Gasteiger partial charge on any atom is -0.504 e. The van der Waals surface area contributed by atoms with Gasteiger partial charge < -0.3 is 33.9 Å². The molecule has 0 saturated carbocycles. The minimum atomic E-state index is -1.47. The lowest BCUT2D eigenvalue weighted by atomic mass is 9.90. The molecule has 2 aromatic rings. The zero-order chi connectivity index (χ0) is 19.9. The maximum absolute atomic E-state index is 12.5. The normalized spacial score (nSPS) is 15.1. The van der Waals surface area contributed by atoms with Gasteiger partial charge in [0.25, 0.3) is 0 Å². The molecule has 0 saturated heterocycles. The number of hydrogen-bond acceptors (Lipinski definition) is 8. The van der Waals surface area contributed by atoms with E-state index in [-0.39, 0.29) is 28.2 Å². The monoisotopic (exact) mass is 376 g/mol. The molecule has 2 heterocycles. The van der Waals surface area contributed by atoms with Crippen molar-refractivity contribution < 1.29 is 38.7 Å². The van der Waals surface area contributed by atoms with Crippen molar-refractivity contribution in [3.63, 3.8) is 0 Å². The third kappa shape index (κ3) is 2.68. The molecular formula is C18H16O9. The summed E-state index contributed by atoms with van der Waals surface area (Å²) in [6, 6.07) is 1.40. The van der Waals surface area contributed by atoms with Gasteiger partial charge in [-0.05, 0) is 13.0 Å². The summed E-state index contributed by atoms with van der Waals surface area (Å²) in [6.07, 6.45) is 1.89. The van der Waals surface area contributed by atoms with Crippen LogP contribution in [0.5, 0.6) is 23.0 Å². The van der Waals surface area contributed by atoms with Gasteiger partial charge in [-0.1, -0.05) is 6.08 Å². The molecule has 1 aromatic heterocycles. The van der Waals surface area contributed by atoms with E-state index in [0.717, 1.165) is 7.11 Å². The first-order valence-electron chi connectivity index (χ1n) is 7.75. The number of carboxylic acid groups (broad SMARTS) is 1. The van der Waals surface area contributed by atoms with Crippen LogP contribution in [-0.4, -0.2) is 35.5 Å². The smallest absolute Gasteiger partial charge is 0.348 e. The van der Waals surface area contributed by atoms with Crippen LogP contribution in [0.4, 0.5) is 0 Å². The number of allylic oxidation sites excluding steroid dienone is 1. The van der Waals surface area contributed by atoms with Gasteiger partial charge in [0.15, 0.2) is 11.5 Å². The number of aromatic carboxylic acids is 1. The summed E-state index contributed by atoms with van der Waals surface area (Å²) < 4.78 is 20.9. The average Bonchev–Trinajstić information content (AvgIpc) is 2.63. The van der Waals surface area contributed by atoms with Crippen molar-refractivity contribution in [2.24, 2.45) is 0 Å². The SMILES string of the molecule is CC=Cc1cc2c(c(=O)o1)-c1c(O)c(O)c(OC)c(C(=O)O)c1[C@H](OC)O2. The molecule has 0 amide bonds. The van der Waals surface area contributed by atoms with Crippen molar-refractivity contribution >= 4 is 12.0 Å². The summed E-state index contributed by atoms with van der Waals surface area (Å²) in [5.74, 6) is -3.33. The van der Waals surface area contributed by atoms with Crippen molar-refractivity contribution in [2.45, 2.75) is 13.2 Å². The first kappa shape index (κ1) is 18.3. The molecule has 3 rings (SSSR count). The van der Waals surface area contributed by atoms with Crippen LogP contribution in [0.25, 0.3) is 17.2 Å². The maximum Gasteiger partial charge on any atom is 0.348 e. The summed E-state index contributed by atoms with van der Waals surface area (Å²) in [6.45, 7) is 1.73. The number of phenolic OH excluding ortho intramolecular Hbond substituents is 2. The molecule has 0 spiro atoms. The number of ether oxygens (including phenoxy) is 3. The van der Waals surface area contributed by atoms with E-state index in [1.807, 2.05) is 0 Å². The summed E-state index contributed by atoms with van der Waals surface area (Å²) in [4.78, 5) is 24.3. The lowest BCUT2D eigenvalue weighted by Crippen LogP contribution is -2.23. The molecule has 1 aliphatic heterocycles. The maximum atomic E-state index is 12.5. The predicted molar refractivity (Wildman–Crippen MR) is 92.3 cm³/mol. The highest BCUT2D eigenvalue weighted by Gasteiger charge is 2.40. The van der Waals surface area contributed by atoms with Crippen molar-refractivity contribution in [1.29, 1.82) is 0 Å². The van der Waals surface area contributed by atoms with E-state index >= 15 is 0 Å². The molecule has 1 atom stereocenters. The van der Waals surface area contributed by atoms with Gasteiger partial charge in [0.2, 0.25) is 12.0 Å². The van der Waals surface area contributed by atoms with Gasteiger partial charge in [-0.25, -0.2) is 9.59 Å². The molecule has 0 radical (unpaired) electrons. The van der Waals surface area contributed by atoms with Gasteiger partial charge in [-0.2, -0.15) is 0 Å². The largest absolute Gasteiger partial charge is 0.504 e. The number of carbonyl (C=O) groups is 1. The van der Waals surface area contributed by atoms with Crippen LogP contribution in [0.1, 0.15) is 34.9 Å². The van der Waals surface area contributed by atoms with E-state index in [1.165, 1.54) is 19.3 Å². The molecule has 142 valence electrons. The summed E-state index contributed by atoms with van der Waals surface area (Å²) >= 11 is 0. The second-order valence-corrected chi connectivity index (χ2v) is 5.56. The van der Waals surface area contributed by atoms with Crippen LogP contribution >= 0.6 is 0 Å². The van der Waals surface area contributed by atoms with Crippen molar-refractivity contribution in [1.82, 2.24) is 0 Å². The number of phenols is 2. The Hall–Kier alpha value is -3.46. The summed E-state index contributed by atoms with van der Waals surface area (Å²) in [5, 5.41) is 30.3. The number of hydrogen-bond donors (Lipinski definition) is 3. The molecule has 3 N–H and O–H groups in total. The number of carboxylic acids is 1. The fourth-order valence-electron chi connectivity index (χ4n) is 3.01. The number of aromatic hydroxyl groups is 2. The Morgan fingerprint density at radius 1 is 1.22 bits per heavy atom. The highest BCUT2D eigenvalue weighted by atomic mass is 16.7. The van der Waals surface area contributed by atoms with Gasteiger partial charge in [0.1, 0.15) is 22.6 Å².